The maximum atomic E-state index is 15.8. The summed E-state index contributed by atoms with van der Waals surface area (Å²) in [5, 5.41) is 9.69. The van der Waals surface area contributed by atoms with Crippen molar-refractivity contribution >= 4 is 24.9 Å². The van der Waals surface area contributed by atoms with Crippen LogP contribution in [0.2, 0.25) is 0 Å². The van der Waals surface area contributed by atoms with Gasteiger partial charge in [-0.05, 0) is 42.9 Å². The lowest BCUT2D eigenvalue weighted by Crippen LogP contribution is -2.62. The Morgan fingerprint density at radius 3 is 1.93 bits per heavy atom. The van der Waals surface area contributed by atoms with E-state index < -0.39 is 42.5 Å². The number of hydrogen-bond acceptors (Lipinski definition) is 7. The summed E-state index contributed by atoms with van der Waals surface area (Å²) in [5.41, 5.74) is 8.05. The van der Waals surface area contributed by atoms with E-state index in [4.69, 9.17) is 10.5 Å². The third-order valence-electron chi connectivity index (χ3n) is 8.67. The first kappa shape index (κ1) is 31.6. The molecule has 0 aromatic heterocycles. The van der Waals surface area contributed by atoms with E-state index in [1.165, 1.54) is 9.80 Å². The van der Waals surface area contributed by atoms with E-state index in [2.05, 4.69) is 0 Å². The van der Waals surface area contributed by atoms with E-state index in [9.17, 15) is 19.5 Å². The number of amides is 2. The highest BCUT2D eigenvalue weighted by Crippen LogP contribution is 2.68. The number of likely N-dealkylation sites (tertiary alicyclic amines) is 2. The van der Waals surface area contributed by atoms with Crippen molar-refractivity contribution in [3.05, 3.63) is 108 Å². The zero-order valence-corrected chi connectivity index (χ0v) is 25.9. The molecule has 44 heavy (non-hydrogen) atoms. The molecule has 2 amide bonds. The van der Waals surface area contributed by atoms with Gasteiger partial charge in [-0.3, -0.25) is 9.59 Å². The van der Waals surface area contributed by atoms with Crippen molar-refractivity contribution in [1.29, 1.82) is 0 Å². The smallest absolute Gasteiger partial charge is 0.342 e. The van der Waals surface area contributed by atoms with Crippen molar-refractivity contribution in [2.24, 2.45) is 5.73 Å². The van der Waals surface area contributed by atoms with Crippen LogP contribution in [0.15, 0.2) is 91.0 Å². The van der Waals surface area contributed by atoms with Crippen LogP contribution in [0.3, 0.4) is 0 Å². The van der Waals surface area contributed by atoms with Gasteiger partial charge in [-0.25, -0.2) is 4.79 Å². The maximum Gasteiger partial charge on any atom is 0.342 e. The molecule has 232 valence electrons. The summed E-state index contributed by atoms with van der Waals surface area (Å²) in [6.07, 6.45) is -0.544. The number of benzene rings is 3. The van der Waals surface area contributed by atoms with Crippen LogP contribution in [-0.2, 0) is 42.6 Å². The van der Waals surface area contributed by atoms with Gasteiger partial charge in [0.2, 0.25) is 17.1 Å². The fraction of sp³-hybridized carbons (Fsp3) is 0.382. The van der Waals surface area contributed by atoms with Crippen molar-refractivity contribution in [2.45, 2.75) is 68.6 Å². The van der Waals surface area contributed by atoms with E-state index in [-0.39, 0.29) is 37.8 Å². The van der Waals surface area contributed by atoms with Gasteiger partial charge in [-0.1, -0.05) is 91.0 Å². The highest BCUT2D eigenvalue weighted by Gasteiger charge is 2.68. The average molecular weight is 618 g/mol. The first-order valence-electron chi connectivity index (χ1n) is 15.1. The summed E-state index contributed by atoms with van der Waals surface area (Å²) >= 11 is 0. The number of hydrogen-bond donors (Lipinski definition) is 2. The van der Waals surface area contributed by atoms with Crippen LogP contribution in [-0.4, -0.2) is 69.2 Å². The largest absolute Gasteiger partial charge is 0.459 e. The molecule has 2 aliphatic rings. The first-order valence-corrected chi connectivity index (χ1v) is 17.2. The predicted molar refractivity (Wildman–Crippen MR) is 168 cm³/mol. The average Bonchev–Trinajstić information content (AvgIpc) is 3.66. The lowest BCUT2D eigenvalue weighted by Gasteiger charge is -2.45. The SMILES string of the molecule is C[C@H](N)C(=O)N1CCC[C@H]1C(=O)N1CC[C@H](O)[C@]1(C(=O)OCc1ccccc1)P(=O)(Cc1ccccc1)Cc1ccccc1. The Kier molecular flexibility index (Phi) is 9.68. The number of rotatable bonds is 10. The molecule has 9 nitrogen and oxygen atoms in total. The summed E-state index contributed by atoms with van der Waals surface area (Å²) in [5.74, 6) is -1.79. The van der Waals surface area contributed by atoms with Crippen molar-refractivity contribution in [3.63, 3.8) is 0 Å². The molecule has 3 aromatic carbocycles. The molecule has 10 heteroatoms. The summed E-state index contributed by atoms with van der Waals surface area (Å²) in [6.45, 7) is 1.79. The molecule has 2 heterocycles. The molecule has 0 aliphatic carbocycles. The number of nitrogens with two attached hydrogens (primary N) is 1. The van der Waals surface area contributed by atoms with E-state index in [1.807, 2.05) is 78.9 Å². The first-order chi connectivity index (χ1) is 21.2. The van der Waals surface area contributed by atoms with E-state index in [0.717, 1.165) is 0 Å². The zero-order valence-electron chi connectivity index (χ0n) is 25.0. The molecule has 2 fully saturated rings. The fourth-order valence-electron chi connectivity index (χ4n) is 6.60. The Balaban J connectivity index is 1.64. The Hall–Kier alpha value is -3.78. The molecule has 0 bridgehead atoms. The van der Waals surface area contributed by atoms with E-state index in [0.29, 0.717) is 36.1 Å². The van der Waals surface area contributed by atoms with Gasteiger partial charge in [0.05, 0.1) is 12.1 Å². The van der Waals surface area contributed by atoms with Crippen LogP contribution in [0, 0.1) is 0 Å². The molecule has 0 spiro atoms. The summed E-state index contributed by atoms with van der Waals surface area (Å²) in [4.78, 5) is 44.9. The minimum absolute atomic E-state index is 0.00921. The lowest BCUT2D eigenvalue weighted by atomic mass is 10.1. The highest BCUT2D eigenvalue weighted by molar-refractivity contribution is 7.65. The molecule has 3 aromatic rings. The molecular formula is C34H40N3O6P. The van der Waals surface area contributed by atoms with Crippen LogP contribution in [0.5, 0.6) is 0 Å². The Morgan fingerprint density at radius 1 is 0.886 bits per heavy atom. The molecule has 0 saturated carbocycles. The number of nitrogens with zero attached hydrogens (tertiary/aromatic N) is 2. The molecule has 5 rings (SSSR count). The molecular weight excluding hydrogens is 577 g/mol. The van der Waals surface area contributed by atoms with Crippen LogP contribution < -0.4 is 5.73 Å². The fourth-order valence-corrected chi connectivity index (χ4v) is 10.5. The van der Waals surface area contributed by atoms with Crippen molar-refractivity contribution < 1.29 is 28.8 Å². The molecule has 2 aliphatic heterocycles. The van der Waals surface area contributed by atoms with Gasteiger partial charge >= 0.3 is 5.97 Å². The summed E-state index contributed by atoms with van der Waals surface area (Å²) < 4.78 is 21.7. The zero-order chi connectivity index (χ0) is 31.3. The third-order valence-corrected chi connectivity index (χ3v) is 12.4. The molecule has 3 N–H and O–H groups in total. The van der Waals surface area contributed by atoms with Crippen molar-refractivity contribution in [3.8, 4) is 0 Å². The Labute approximate surface area is 258 Å². The topological polar surface area (TPSA) is 130 Å². The number of esters is 1. The normalized spacial score (nSPS) is 22.5. The van der Waals surface area contributed by atoms with Gasteiger partial charge in [0.1, 0.15) is 19.8 Å². The number of carbonyl (C=O) groups is 3. The van der Waals surface area contributed by atoms with Crippen LogP contribution >= 0.6 is 7.14 Å². The summed E-state index contributed by atoms with van der Waals surface area (Å²) in [6, 6.07) is 25.7. The number of ether oxygens (including phenoxy) is 1. The monoisotopic (exact) mass is 617 g/mol. The van der Waals surface area contributed by atoms with Gasteiger partial charge in [0.25, 0.3) is 0 Å². The van der Waals surface area contributed by atoms with E-state index >= 15 is 4.57 Å². The quantitative estimate of drug-likeness (QED) is 0.259. The van der Waals surface area contributed by atoms with Gasteiger partial charge in [-0.2, -0.15) is 0 Å². The van der Waals surface area contributed by atoms with Crippen LogP contribution in [0.25, 0.3) is 0 Å². The second kappa shape index (κ2) is 13.5. The van der Waals surface area contributed by atoms with Crippen molar-refractivity contribution in [1.82, 2.24) is 9.80 Å². The number of aliphatic hydroxyl groups excluding tert-OH is 1. The maximum absolute atomic E-state index is 15.8. The second-order valence-electron chi connectivity index (χ2n) is 11.7. The third kappa shape index (κ3) is 6.09. The molecule has 0 radical (unpaired) electrons. The van der Waals surface area contributed by atoms with Gasteiger partial charge < -0.3 is 29.9 Å². The van der Waals surface area contributed by atoms with Crippen LogP contribution in [0.4, 0.5) is 0 Å². The van der Waals surface area contributed by atoms with Crippen molar-refractivity contribution in [2.75, 3.05) is 13.1 Å². The number of aliphatic hydroxyl groups is 1. The van der Waals surface area contributed by atoms with Gasteiger partial charge in [0.15, 0.2) is 0 Å². The standard InChI is InChI=1S/C34H40N3O6P/c1-25(35)31(39)36-20-11-18-29(36)32(40)37-21-19-30(38)34(37,33(41)43-22-26-12-5-2-6-13-26)44(42,23-27-14-7-3-8-15-27)24-28-16-9-4-10-17-28/h2-10,12-17,25,29-30,38H,11,18-24,35H2,1H3/t25-,29-,30-,34+/m0/s1. The highest BCUT2D eigenvalue weighted by atomic mass is 31.2. The Morgan fingerprint density at radius 2 is 1.41 bits per heavy atom. The van der Waals surface area contributed by atoms with Gasteiger partial charge in [0, 0.05) is 25.4 Å². The van der Waals surface area contributed by atoms with Crippen LogP contribution in [0.1, 0.15) is 42.9 Å². The molecule has 0 unspecified atom stereocenters. The molecule has 2 saturated heterocycles. The Bertz CT molecular complexity index is 1460. The lowest BCUT2D eigenvalue weighted by molar-refractivity contribution is -0.163. The van der Waals surface area contributed by atoms with E-state index in [1.54, 1.807) is 19.1 Å². The van der Waals surface area contributed by atoms with Gasteiger partial charge in [-0.15, -0.1) is 0 Å². The summed E-state index contributed by atoms with van der Waals surface area (Å²) in [7, 11) is -3.94. The minimum atomic E-state index is -3.94. The predicted octanol–water partition coefficient (Wildman–Crippen LogP) is 4.12. The second-order valence-corrected chi connectivity index (χ2v) is 14.8. The minimum Gasteiger partial charge on any atom is -0.459 e. The molecule has 4 atom stereocenters. The number of carbonyl (C=O) groups excluding carboxylic acids is 3.